The molecule has 0 aliphatic heterocycles. The van der Waals surface area contributed by atoms with Gasteiger partial charge in [-0.05, 0) is 91.6 Å². The smallest absolute Gasteiger partial charge is 0.338 e. The number of ether oxygens (including phenoxy) is 6. The van der Waals surface area contributed by atoms with E-state index < -0.39 is 0 Å². The number of carbonyl (C=O) groups excluding carboxylic acids is 3. The van der Waals surface area contributed by atoms with Gasteiger partial charge in [0.05, 0.1) is 43.1 Å². The lowest BCUT2D eigenvalue weighted by Gasteiger charge is -2.19. The zero-order valence-corrected chi connectivity index (χ0v) is 47.8. The molecule has 0 atom stereocenters. The number of benzene rings is 3. The van der Waals surface area contributed by atoms with Crippen molar-refractivity contribution in [1.29, 1.82) is 0 Å². The van der Waals surface area contributed by atoms with Gasteiger partial charge in [0.25, 0.3) is 0 Å². The van der Waals surface area contributed by atoms with Crippen LogP contribution in [0.1, 0.15) is 177 Å². The van der Waals surface area contributed by atoms with Gasteiger partial charge in [-0.25, -0.2) is 14.4 Å². The first-order valence-corrected chi connectivity index (χ1v) is 29.1. The summed E-state index contributed by atoms with van der Waals surface area (Å²) in [5, 5.41) is 0. The van der Waals surface area contributed by atoms with E-state index in [1.165, 1.54) is 57.8 Å². The molecule has 0 fully saturated rings. The lowest BCUT2D eigenvalue weighted by Crippen LogP contribution is -2.21. The summed E-state index contributed by atoms with van der Waals surface area (Å²) in [5.74, 6) is -1.05. The molecule has 0 unspecified atom stereocenters. The molecule has 0 saturated heterocycles. The van der Waals surface area contributed by atoms with Gasteiger partial charge >= 0.3 is 17.9 Å². The SMILES string of the molecule is C=C(C(=O)OCCCCCCCCCCOCCC(OCCCCCCCCCCOC(=O)C(=C)c1ccc(Br)cc1)OCCCCCCCCCCOC(=O)C(=C)c1ccc(Br)cc1)c1ccc(Br)cc1. The molecule has 0 bridgehead atoms. The quantitative estimate of drug-likeness (QED) is 0.0180. The summed E-state index contributed by atoms with van der Waals surface area (Å²) in [6.45, 7) is 15.7. The molecule has 0 spiro atoms. The van der Waals surface area contributed by atoms with Crippen molar-refractivity contribution in [3.63, 3.8) is 0 Å². The number of esters is 3. The maximum atomic E-state index is 12.4. The first-order valence-electron chi connectivity index (χ1n) is 26.7. The van der Waals surface area contributed by atoms with Crippen LogP contribution in [-0.2, 0) is 42.8 Å². The van der Waals surface area contributed by atoms with E-state index in [0.29, 0.717) is 56.4 Å². The van der Waals surface area contributed by atoms with Crippen LogP contribution in [-0.4, -0.2) is 70.4 Å². The summed E-state index contributed by atoms with van der Waals surface area (Å²) in [6.07, 6.45) is 26.8. The van der Waals surface area contributed by atoms with Gasteiger partial charge in [-0.3, -0.25) is 0 Å². The Morgan fingerprint density at radius 3 is 0.847 bits per heavy atom. The third-order valence-corrected chi connectivity index (χ3v) is 14.0. The molecule has 72 heavy (non-hydrogen) atoms. The van der Waals surface area contributed by atoms with Crippen molar-refractivity contribution in [1.82, 2.24) is 0 Å². The van der Waals surface area contributed by atoms with Crippen molar-refractivity contribution in [2.75, 3.05) is 46.2 Å². The predicted octanol–water partition coefficient (Wildman–Crippen LogP) is 17.2. The van der Waals surface area contributed by atoms with Gasteiger partial charge in [-0.15, -0.1) is 0 Å². The first kappa shape index (κ1) is 62.9. The molecule has 9 nitrogen and oxygen atoms in total. The molecule has 12 heteroatoms. The summed E-state index contributed by atoms with van der Waals surface area (Å²) in [6, 6.07) is 22.5. The maximum absolute atomic E-state index is 12.4. The van der Waals surface area contributed by atoms with Crippen molar-refractivity contribution in [3.8, 4) is 0 Å². The zero-order chi connectivity index (χ0) is 51.9. The third kappa shape index (κ3) is 30.1. The largest absolute Gasteiger partial charge is 0.462 e. The zero-order valence-electron chi connectivity index (χ0n) is 43.1. The maximum Gasteiger partial charge on any atom is 0.338 e. The molecule has 3 rings (SSSR count). The topological polar surface area (TPSA) is 107 Å². The van der Waals surface area contributed by atoms with E-state index in [4.69, 9.17) is 28.4 Å². The number of rotatable bonds is 44. The molecule has 398 valence electrons. The van der Waals surface area contributed by atoms with Gasteiger partial charge in [-0.1, -0.05) is 219 Å². The molecule has 0 N–H and O–H groups in total. The summed E-state index contributed by atoms with van der Waals surface area (Å²) in [7, 11) is 0. The molecule has 3 aromatic carbocycles. The van der Waals surface area contributed by atoms with Gasteiger partial charge < -0.3 is 28.4 Å². The average Bonchev–Trinajstić information content (AvgIpc) is 3.38. The van der Waals surface area contributed by atoms with Crippen LogP contribution in [0.25, 0.3) is 16.7 Å². The number of hydrogen-bond donors (Lipinski definition) is 0. The Bertz CT molecular complexity index is 1870. The Hall–Kier alpha value is -3.39. The van der Waals surface area contributed by atoms with E-state index in [-0.39, 0.29) is 24.2 Å². The van der Waals surface area contributed by atoms with Crippen molar-refractivity contribution in [3.05, 3.63) is 123 Å². The second-order valence-corrected chi connectivity index (χ2v) is 21.2. The number of halogens is 3. The Balaban J connectivity index is 1.19. The van der Waals surface area contributed by atoms with Crippen LogP contribution < -0.4 is 0 Å². The number of carbonyl (C=O) groups is 3. The second kappa shape index (κ2) is 40.9. The third-order valence-electron chi connectivity index (χ3n) is 12.4. The highest BCUT2D eigenvalue weighted by Crippen LogP contribution is 2.22. The molecule has 0 aliphatic carbocycles. The van der Waals surface area contributed by atoms with Crippen LogP contribution in [0.5, 0.6) is 0 Å². The summed E-state index contributed by atoms with van der Waals surface area (Å²) >= 11 is 10.2. The Kier molecular flexibility index (Phi) is 35.8. The normalized spacial score (nSPS) is 11.2. The fourth-order valence-corrected chi connectivity index (χ4v) is 8.68. The van der Waals surface area contributed by atoms with E-state index in [9.17, 15) is 14.4 Å². The highest BCUT2D eigenvalue weighted by molar-refractivity contribution is 9.11. The molecule has 0 aliphatic rings. The molecule has 0 saturated carbocycles. The fraction of sp³-hybridized carbons (Fsp3) is 0.550. The Labute approximate surface area is 458 Å². The predicted molar refractivity (Wildman–Crippen MR) is 304 cm³/mol. The van der Waals surface area contributed by atoms with E-state index in [1.54, 1.807) is 0 Å². The van der Waals surface area contributed by atoms with Crippen LogP contribution in [0.3, 0.4) is 0 Å². The summed E-state index contributed by atoms with van der Waals surface area (Å²) in [5.41, 5.74) is 3.51. The van der Waals surface area contributed by atoms with E-state index in [2.05, 4.69) is 67.5 Å². The molecule has 0 aromatic heterocycles. The van der Waals surface area contributed by atoms with Crippen molar-refractivity contribution >= 4 is 82.4 Å². The van der Waals surface area contributed by atoms with Crippen molar-refractivity contribution in [2.24, 2.45) is 0 Å². The van der Waals surface area contributed by atoms with E-state index in [1.807, 2.05) is 72.8 Å². The summed E-state index contributed by atoms with van der Waals surface area (Å²) < 4.78 is 37.8. The number of unbranched alkanes of at least 4 members (excludes halogenated alkanes) is 21. The molecule has 0 heterocycles. The average molecular weight is 1190 g/mol. The minimum absolute atomic E-state index is 0.249. The number of hydrogen-bond acceptors (Lipinski definition) is 9. The van der Waals surface area contributed by atoms with Crippen LogP contribution in [0.4, 0.5) is 0 Å². The Morgan fingerprint density at radius 2 is 0.569 bits per heavy atom. The lowest BCUT2D eigenvalue weighted by molar-refractivity contribution is -0.154. The van der Waals surface area contributed by atoms with Gasteiger partial charge in [0.2, 0.25) is 0 Å². The van der Waals surface area contributed by atoms with Crippen LogP contribution in [0.15, 0.2) is 106 Å². The van der Waals surface area contributed by atoms with E-state index >= 15 is 0 Å². The molecule has 0 radical (unpaired) electrons. The minimum Gasteiger partial charge on any atom is -0.462 e. The van der Waals surface area contributed by atoms with Gasteiger partial charge in [-0.2, -0.15) is 0 Å². The Morgan fingerprint density at radius 1 is 0.333 bits per heavy atom. The van der Waals surface area contributed by atoms with Crippen LogP contribution >= 0.6 is 47.8 Å². The monoisotopic (exact) mass is 1180 g/mol. The first-order chi connectivity index (χ1) is 35.0. The highest BCUT2D eigenvalue weighted by Gasteiger charge is 2.14. The second-order valence-electron chi connectivity index (χ2n) is 18.4. The summed E-state index contributed by atoms with van der Waals surface area (Å²) in [4.78, 5) is 37.0. The fourth-order valence-electron chi connectivity index (χ4n) is 7.89. The van der Waals surface area contributed by atoms with Gasteiger partial charge in [0, 0.05) is 39.7 Å². The molecule has 3 aromatic rings. The van der Waals surface area contributed by atoms with Gasteiger partial charge in [0.1, 0.15) is 0 Å². The highest BCUT2D eigenvalue weighted by atomic mass is 79.9. The molecular formula is C60H83Br3O9. The standard InChI is InChI=1S/C60H83Br3O9/c1-48(51-28-34-54(61)35-29-51)58(64)70-44-25-19-13-5-4-10-16-22-41-67-47-40-57(68-42-23-17-11-6-8-14-20-26-45-71-59(65)49(2)52-30-36-55(62)37-31-52)69-43-24-18-12-7-9-15-21-27-46-72-60(66)50(3)53-32-38-56(63)39-33-53/h28-39,57H,1-27,40-47H2. The molecule has 0 amide bonds. The minimum atomic E-state index is -0.351. The van der Waals surface area contributed by atoms with Crippen molar-refractivity contribution in [2.45, 2.75) is 167 Å². The van der Waals surface area contributed by atoms with Crippen LogP contribution in [0.2, 0.25) is 0 Å². The lowest BCUT2D eigenvalue weighted by atomic mass is 10.1. The van der Waals surface area contributed by atoms with Gasteiger partial charge in [0.15, 0.2) is 6.29 Å². The van der Waals surface area contributed by atoms with Crippen molar-refractivity contribution < 1.29 is 42.8 Å². The molecular weight excluding hydrogens is 1100 g/mol. The van der Waals surface area contributed by atoms with Crippen LogP contribution in [0, 0.1) is 0 Å². The van der Waals surface area contributed by atoms with E-state index in [0.717, 1.165) is 139 Å².